The van der Waals surface area contributed by atoms with Crippen molar-refractivity contribution in [2.45, 2.75) is 52.1 Å². The third-order valence-corrected chi connectivity index (χ3v) is 5.92. The van der Waals surface area contributed by atoms with Crippen LogP contribution in [-0.2, 0) is 22.6 Å². The van der Waals surface area contributed by atoms with Crippen LogP contribution >= 0.6 is 23.2 Å². The third-order valence-electron chi connectivity index (χ3n) is 5.24. The molecule has 0 saturated carbocycles. The summed E-state index contributed by atoms with van der Waals surface area (Å²) in [6.07, 6.45) is 5.62. The van der Waals surface area contributed by atoms with E-state index < -0.39 is 11.8 Å². The van der Waals surface area contributed by atoms with Crippen molar-refractivity contribution < 1.29 is 18.7 Å². The Bertz CT molecular complexity index is 1060. The van der Waals surface area contributed by atoms with Crippen molar-refractivity contribution in [3.63, 3.8) is 0 Å². The van der Waals surface area contributed by atoms with Crippen molar-refractivity contribution in [3.05, 3.63) is 50.1 Å². The molecule has 3 rings (SSSR count). The van der Waals surface area contributed by atoms with E-state index in [-0.39, 0.29) is 39.2 Å². The van der Waals surface area contributed by atoms with Crippen LogP contribution in [0.5, 0.6) is 5.75 Å². The third kappa shape index (κ3) is 5.15. The molecule has 6 nitrogen and oxygen atoms in total. The molecule has 0 fully saturated rings. The number of aromatic nitrogens is 2. The number of methoxy groups -OCH3 is 1. The number of carbonyl (C=O) groups excluding carboxylic acids is 1. The first-order valence-electron chi connectivity index (χ1n) is 10.3. The predicted octanol–water partition coefficient (Wildman–Crippen LogP) is 5.22. The molecule has 0 radical (unpaired) electrons. The number of esters is 1. The molecule has 0 aliphatic carbocycles. The summed E-state index contributed by atoms with van der Waals surface area (Å²) in [7, 11) is 1.31. The van der Waals surface area contributed by atoms with Gasteiger partial charge in [-0.25, -0.2) is 13.9 Å². The van der Waals surface area contributed by atoms with Gasteiger partial charge in [-0.2, -0.15) is 0 Å². The number of hydrogen-bond acceptors (Lipinski definition) is 4. The topological polar surface area (TPSA) is 62.5 Å². The Morgan fingerprint density at radius 3 is 2.58 bits per heavy atom. The summed E-state index contributed by atoms with van der Waals surface area (Å²) >= 11 is 12.6. The molecule has 9 heteroatoms. The van der Waals surface area contributed by atoms with Gasteiger partial charge in [0.2, 0.25) is 0 Å². The van der Waals surface area contributed by atoms with Crippen LogP contribution in [-0.4, -0.2) is 29.0 Å². The van der Waals surface area contributed by atoms with Crippen molar-refractivity contribution in [2.75, 3.05) is 13.7 Å². The second kappa shape index (κ2) is 10.4. The molecule has 2 heterocycles. The van der Waals surface area contributed by atoms with Crippen molar-refractivity contribution in [1.82, 2.24) is 9.36 Å². The van der Waals surface area contributed by atoms with Crippen LogP contribution in [0.15, 0.2) is 28.6 Å². The minimum absolute atomic E-state index is 0.0378. The number of carbonyl (C=O) groups is 1. The lowest BCUT2D eigenvalue weighted by Crippen LogP contribution is -2.27. The number of fused-ring (bicyclic) bond motifs is 1. The van der Waals surface area contributed by atoms with E-state index in [1.54, 1.807) is 4.68 Å². The quantitative estimate of drug-likeness (QED) is 0.391. The number of benzene rings is 1. The molecule has 1 aromatic carbocycles. The van der Waals surface area contributed by atoms with Gasteiger partial charge in [-0.1, -0.05) is 36.5 Å². The molecular weight excluding hydrogens is 446 g/mol. The first-order chi connectivity index (χ1) is 14.9. The second-order valence-electron chi connectivity index (χ2n) is 7.40. The van der Waals surface area contributed by atoms with Gasteiger partial charge in [-0.3, -0.25) is 9.48 Å². The molecule has 0 unspecified atom stereocenters. The van der Waals surface area contributed by atoms with Gasteiger partial charge in [-0.15, -0.1) is 0 Å². The highest BCUT2D eigenvalue weighted by Crippen LogP contribution is 2.36. The summed E-state index contributed by atoms with van der Waals surface area (Å²) < 4.78 is 28.5. The molecule has 0 bridgehead atoms. The zero-order chi connectivity index (χ0) is 22.5. The Morgan fingerprint density at radius 2 is 1.94 bits per heavy atom. The van der Waals surface area contributed by atoms with Crippen LogP contribution in [0.2, 0.25) is 10.2 Å². The predicted molar refractivity (Wildman–Crippen MR) is 118 cm³/mol. The first kappa shape index (κ1) is 23.4. The van der Waals surface area contributed by atoms with Crippen LogP contribution < -0.4 is 10.3 Å². The molecule has 0 atom stereocenters. The summed E-state index contributed by atoms with van der Waals surface area (Å²) in [5.74, 6) is -0.925. The molecule has 0 saturated heterocycles. The van der Waals surface area contributed by atoms with Crippen LogP contribution in [0.4, 0.5) is 4.39 Å². The van der Waals surface area contributed by atoms with Crippen LogP contribution in [0.25, 0.3) is 11.1 Å². The Morgan fingerprint density at radius 1 is 1.23 bits per heavy atom. The molecule has 1 aromatic heterocycles. The molecule has 0 amide bonds. The van der Waals surface area contributed by atoms with E-state index in [4.69, 9.17) is 32.7 Å². The summed E-state index contributed by atoms with van der Waals surface area (Å²) in [5, 5.41) is 0.264. The molecule has 0 spiro atoms. The van der Waals surface area contributed by atoms with Crippen molar-refractivity contribution in [3.8, 4) is 16.9 Å². The maximum atomic E-state index is 14.8. The van der Waals surface area contributed by atoms with Crippen molar-refractivity contribution in [2.24, 2.45) is 0 Å². The lowest BCUT2D eigenvalue weighted by Gasteiger charge is -2.17. The van der Waals surface area contributed by atoms with E-state index in [0.29, 0.717) is 19.5 Å². The molecular formula is C22H25Cl2FN2O4. The van der Waals surface area contributed by atoms with E-state index >= 15 is 0 Å². The Labute approximate surface area is 190 Å². The van der Waals surface area contributed by atoms with Gasteiger partial charge in [-0.05, 0) is 43.4 Å². The van der Waals surface area contributed by atoms with Gasteiger partial charge < -0.3 is 9.47 Å². The Balaban J connectivity index is 1.94. The van der Waals surface area contributed by atoms with Crippen LogP contribution in [0, 0.1) is 5.82 Å². The highest BCUT2D eigenvalue weighted by atomic mass is 35.5. The maximum Gasteiger partial charge on any atom is 0.330 e. The van der Waals surface area contributed by atoms with Crippen LogP contribution in [0.1, 0.15) is 39.0 Å². The Hall–Kier alpha value is -2.25. The Kier molecular flexibility index (Phi) is 7.84. The highest BCUT2D eigenvalue weighted by molar-refractivity contribution is 6.33. The molecule has 0 N–H and O–H groups in total. The fourth-order valence-corrected chi connectivity index (χ4v) is 4.13. The summed E-state index contributed by atoms with van der Waals surface area (Å²) in [4.78, 5) is 24.5. The molecule has 2 aromatic rings. The standard InChI is InChI=1S/C22H25Cl2FN2O4/c1-3-4-7-14(10-19(28)30-2)13-31-18-11-15(17(25)12-16(18)23)20-21(24)26-8-5-6-9-27(26)22(20)29/h10-12H,3-9,13H2,1-2H3/b14-10-. The first-order valence-corrected chi connectivity index (χ1v) is 11.0. The molecule has 1 aliphatic rings. The molecule has 1 aliphatic heterocycles. The minimum atomic E-state index is -0.656. The number of unbranched alkanes of at least 4 members (excludes halogenated alkanes) is 1. The van der Waals surface area contributed by atoms with E-state index in [0.717, 1.165) is 37.3 Å². The fourth-order valence-electron chi connectivity index (χ4n) is 3.57. The lowest BCUT2D eigenvalue weighted by molar-refractivity contribution is -0.134. The smallest absolute Gasteiger partial charge is 0.330 e. The maximum absolute atomic E-state index is 14.8. The molecule has 31 heavy (non-hydrogen) atoms. The number of nitrogens with zero attached hydrogens (tertiary/aromatic N) is 2. The largest absolute Gasteiger partial charge is 0.488 e. The van der Waals surface area contributed by atoms with Crippen molar-refractivity contribution >= 4 is 29.2 Å². The van der Waals surface area contributed by atoms with Crippen molar-refractivity contribution in [1.29, 1.82) is 0 Å². The van der Waals surface area contributed by atoms with Gasteiger partial charge in [0.15, 0.2) is 0 Å². The lowest BCUT2D eigenvalue weighted by atomic mass is 10.1. The highest BCUT2D eigenvalue weighted by Gasteiger charge is 2.25. The zero-order valence-corrected chi connectivity index (χ0v) is 19.1. The van der Waals surface area contributed by atoms with Gasteiger partial charge >= 0.3 is 5.97 Å². The summed E-state index contributed by atoms with van der Waals surface area (Å²) in [6, 6.07) is 2.50. The average molecular weight is 471 g/mol. The van der Waals surface area contributed by atoms with Gasteiger partial charge in [0.05, 0.1) is 17.7 Å². The number of hydrogen-bond donors (Lipinski definition) is 0. The van der Waals surface area contributed by atoms with Gasteiger partial charge in [0.1, 0.15) is 23.3 Å². The summed E-state index contributed by atoms with van der Waals surface area (Å²) in [5.41, 5.74) is 0.522. The zero-order valence-electron chi connectivity index (χ0n) is 17.6. The van der Waals surface area contributed by atoms with E-state index in [1.807, 2.05) is 6.92 Å². The van der Waals surface area contributed by atoms with Gasteiger partial charge in [0, 0.05) is 24.7 Å². The second-order valence-corrected chi connectivity index (χ2v) is 8.17. The van der Waals surface area contributed by atoms with Crippen LogP contribution in [0.3, 0.4) is 0 Å². The normalized spacial score (nSPS) is 13.8. The SMILES string of the molecule is CCCC/C(=C/C(=O)OC)COc1cc(-c2c(Cl)n3n(c2=O)CCCC3)c(F)cc1Cl. The number of halogens is 3. The monoisotopic (exact) mass is 470 g/mol. The fraction of sp³-hybridized carbons (Fsp3) is 0.455. The minimum Gasteiger partial charge on any atom is -0.488 e. The van der Waals surface area contributed by atoms with E-state index in [2.05, 4.69) is 0 Å². The van der Waals surface area contributed by atoms with E-state index in [9.17, 15) is 14.0 Å². The molecule has 168 valence electrons. The average Bonchev–Trinajstić information content (AvgIpc) is 3.01. The van der Waals surface area contributed by atoms with Gasteiger partial charge in [0.25, 0.3) is 5.56 Å². The number of ether oxygens (including phenoxy) is 2. The number of rotatable bonds is 8. The van der Waals surface area contributed by atoms with E-state index in [1.165, 1.54) is 23.9 Å². The summed E-state index contributed by atoms with van der Waals surface area (Å²) in [6.45, 7) is 3.26.